The Kier molecular flexibility index (Phi) is 8.08. The van der Waals surface area contributed by atoms with Gasteiger partial charge in [-0.2, -0.15) is 0 Å². The lowest BCUT2D eigenvalue weighted by Crippen LogP contribution is -2.09. The number of anilines is 3. The Balaban J connectivity index is 1.04. The van der Waals surface area contributed by atoms with Crippen LogP contribution in [0.15, 0.2) is 213 Å². The van der Waals surface area contributed by atoms with Gasteiger partial charge in [0.05, 0.1) is 22.8 Å². The molecule has 10 aromatic rings. The van der Waals surface area contributed by atoms with Gasteiger partial charge in [-0.15, -0.1) is 0 Å². The molecule has 55 heavy (non-hydrogen) atoms. The fraction of sp³-hybridized carbons (Fsp3) is 0. The molecule has 4 heterocycles. The lowest BCUT2D eigenvalue weighted by atomic mass is 9.99. The molecule has 0 saturated heterocycles. The molecule has 0 aliphatic heterocycles. The minimum atomic E-state index is 0.916. The number of imidazole rings is 2. The largest absolute Gasteiger partial charge is 0.310 e. The summed E-state index contributed by atoms with van der Waals surface area (Å²) in [6.07, 6.45) is 4.18. The number of fused-ring (bicyclic) bond motifs is 2. The number of rotatable bonds is 8. The van der Waals surface area contributed by atoms with Crippen LogP contribution in [0.2, 0.25) is 0 Å². The molecular formula is C50H35N5. The first-order chi connectivity index (χ1) is 27.3. The lowest BCUT2D eigenvalue weighted by Gasteiger charge is -2.26. The lowest BCUT2D eigenvalue weighted by molar-refractivity contribution is 1.19. The maximum atomic E-state index is 5.15. The minimum Gasteiger partial charge on any atom is -0.310 e. The standard InChI is InChI=1S/C50H35N5/c1-4-16-37(17-5-1)49-47(51-45-26-10-12-32-53(45)49)40-21-14-20-39(34-40)36-28-30-43(31-29-36)55(42-23-8-3-9-24-42)44-25-15-22-41(35-44)48-50(38-18-6-2-7-19-38)54-33-13-11-27-46(54)52-48/h1-35H. The van der Waals surface area contributed by atoms with Crippen LogP contribution < -0.4 is 4.90 Å². The first-order valence-electron chi connectivity index (χ1n) is 18.5. The van der Waals surface area contributed by atoms with Crippen LogP contribution in [0.5, 0.6) is 0 Å². The molecular weight excluding hydrogens is 671 g/mol. The van der Waals surface area contributed by atoms with Gasteiger partial charge in [-0.25, -0.2) is 9.97 Å². The normalized spacial score (nSPS) is 11.3. The number of hydrogen-bond donors (Lipinski definition) is 0. The van der Waals surface area contributed by atoms with Crippen molar-refractivity contribution in [3.05, 3.63) is 213 Å². The molecule has 0 radical (unpaired) electrons. The molecule has 0 unspecified atom stereocenters. The van der Waals surface area contributed by atoms with Crippen molar-refractivity contribution >= 4 is 28.4 Å². The van der Waals surface area contributed by atoms with E-state index in [1.54, 1.807) is 0 Å². The van der Waals surface area contributed by atoms with Crippen molar-refractivity contribution in [3.8, 4) is 56.2 Å². The molecule has 0 N–H and O–H groups in total. The van der Waals surface area contributed by atoms with E-state index in [4.69, 9.17) is 9.97 Å². The highest BCUT2D eigenvalue weighted by Crippen LogP contribution is 2.40. The van der Waals surface area contributed by atoms with Crippen LogP contribution in [0.3, 0.4) is 0 Å². The molecule has 0 amide bonds. The van der Waals surface area contributed by atoms with Gasteiger partial charge in [-0.05, 0) is 77.9 Å². The molecule has 0 aliphatic carbocycles. The summed E-state index contributed by atoms with van der Waals surface area (Å²) in [7, 11) is 0. The van der Waals surface area contributed by atoms with Gasteiger partial charge in [-0.3, -0.25) is 8.80 Å². The summed E-state index contributed by atoms with van der Waals surface area (Å²) >= 11 is 0. The predicted molar refractivity (Wildman–Crippen MR) is 226 cm³/mol. The first-order valence-corrected chi connectivity index (χ1v) is 18.5. The number of hydrogen-bond acceptors (Lipinski definition) is 3. The average Bonchev–Trinajstić information content (AvgIpc) is 3.85. The smallest absolute Gasteiger partial charge is 0.137 e. The summed E-state index contributed by atoms with van der Waals surface area (Å²) in [5, 5.41) is 0. The molecule has 4 aromatic heterocycles. The van der Waals surface area contributed by atoms with E-state index in [0.29, 0.717) is 0 Å². The second-order valence-corrected chi connectivity index (χ2v) is 13.6. The van der Waals surface area contributed by atoms with Crippen LogP contribution >= 0.6 is 0 Å². The third kappa shape index (κ3) is 5.94. The van der Waals surface area contributed by atoms with Crippen LogP contribution in [0.4, 0.5) is 17.1 Å². The summed E-state index contributed by atoms with van der Waals surface area (Å²) < 4.78 is 4.36. The SMILES string of the molecule is c1ccc(-c2c(-c3cccc(-c4ccc(N(c5ccccc5)c5cccc(-c6nc7ccccn7c6-c6ccccc6)c5)cc4)c3)nc3ccccn23)cc1. The molecule has 260 valence electrons. The molecule has 0 saturated carbocycles. The van der Waals surface area contributed by atoms with Crippen LogP contribution in [-0.4, -0.2) is 18.8 Å². The van der Waals surface area contributed by atoms with Crippen molar-refractivity contribution in [2.45, 2.75) is 0 Å². The Morgan fingerprint density at radius 3 is 1.33 bits per heavy atom. The third-order valence-electron chi connectivity index (χ3n) is 10.1. The second-order valence-electron chi connectivity index (χ2n) is 13.6. The number of para-hydroxylation sites is 1. The van der Waals surface area contributed by atoms with E-state index >= 15 is 0 Å². The van der Waals surface area contributed by atoms with Crippen molar-refractivity contribution in [2.75, 3.05) is 4.90 Å². The number of pyridine rings is 2. The van der Waals surface area contributed by atoms with E-state index in [9.17, 15) is 0 Å². The van der Waals surface area contributed by atoms with Gasteiger partial charge in [-0.1, -0.05) is 133 Å². The first kappa shape index (κ1) is 32.2. The Hall–Kier alpha value is -7.50. The summed E-state index contributed by atoms with van der Waals surface area (Å²) in [6, 6.07) is 70.1. The van der Waals surface area contributed by atoms with Gasteiger partial charge in [0.1, 0.15) is 11.3 Å². The Labute approximate surface area is 319 Å². The zero-order valence-electron chi connectivity index (χ0n) is 29.9. The van der Waals surface area contributed by atoms with Crippen molar-refractivity contribution in [2.24, 2.45) is 0 Å². The van der Waals surface area contributed by atoms with Gasteiger partial charge < -0.3 is 4.90 Å². The number of aromatic nitrogens is 4. The molecule has 5 heteroatoms. The van der Waals surface area contributed by atoms with Crippen LogP contribution in [0.25, 0.3) is 67.5 Å². The zero-order chi connectivity index (χ0) is 36.6. The summed E-state index contributed by atoms with van der Waals surface area (Å²) in [5.41, 5.74) is 15.8. The fourth-order valence-electron chi connectivity index (χ4n) is 7.60. The van der Waals surface area contributed by atoms with Crippen molar-refractivity contribution in [3.63, 3.8) is 0 Å². The average molecular weight is 706 g/mol. The van der Waals surface area contributed by atoms with E-state index in [1.807, 2.05) is 12.1 Å². The molecule has 0 atom stereocenters. The van der Waals surface area contributed by atoms with E-state index in [0.717, 1.165) is 84.5 Å². The van der Waals surface area contributed by atoms with Gasteiger partial charge in [0.15, 0.2) is 0 Å². The number of nitrogens with zero attached hydrogens (tertiary/aromatic N) is 5. The highest BCUT2D eigenvalue weighted by Gasteiger charge is 2.20. The number of benzene rings is 6. The van der Waals surface area contributed by atoms with E-state index in [2.05, 4.69) is 214 Å². The molecule has 5 nitrogen and oxygen atoms in total. The van der Waals surface area contributed by atoms with Crippen molar-refractivity contribution in [1.29, 1.82) is 0 Å². The van der Waals surface area contributed by atoms with E-state index in [1.165, 1.54) is 0 Å². The van der Waals surface area contributed by atoms with E-state index in [-0.39, 0.29) is 0 Å². The summed E-state index contributed by atoms with van der Waals surface area (Å²) in [6.45, 7) is 0. The minimum absolute atomic E-state index is 0.916. The molecule has 6 aromatic carbocycles. The van der Waals surface area contributed by atoms with Crippen LogP contribution in [0, 0.1) is 0 Å². The van der Waals surface area contributed by atoms with Crippen molar-refractivity contribution < 1.29 is 0 Å². The molecule has 10 rings (SSSR count). The molecule has 0 aliphatic rings. The Morgan fingerprint density at radius 1 is 0.309 bits per heavy atom. The Bertz CT molecular complexity index is 2910. The van der Waals surface area contributed by atoms with Crippen LogP contribution in [-0.2, 0) is 0 Å². The molecule has 0 spiro atoms. The fourth-order valence-corrected chi connectivity index (χ4v) is 7.60. The van der Waals surface area contributed by atoms with Gasteiger partial charge in [0, 0.05) is 51.7 Å². The third-order valence-corrected chi connectivity index (χ3v) is 10.1. The topological polar surface area (TPSA) is 37.8 Å². The summed E-state index contributed by atoms with van der Waals surface area (Å²) in [4.78, 5) is 12.6. The zero-order valence-corrected chi connectivity index (χ0v) is 29.9. The molecule has 0 fully saturated rings. The van der Waals surface area contributed by atoms with Gasteiger partial charge in [0.2, 0.25) is 0 Å². The highest BCUT2D eigenvalue weighted by molar-refractivity contribution is 5.87. The second kappa shape index (κ2) is 13.8. The monoisotopic (exact) mass is 705 g/mol. The maximum absolute atomic E-state index is 5.15. The van der Waals surface area contributed by atoms with Crippen molar-refractivity contribution in [1.82, 2.24) is 18.8 Å². The van der Waals surface area contributed by atoms with E-state index < -0.39 is 0 Å². The highest BCUT2D eigenvalue weighted by atomic mass is 15.1. The van der Waals surface area contributed by atoms with Crippen LogP contribution in [0.1, 0.15) is 0 Å². The quantitative estimate of drug-likeness (QED) is 0.158. The Morgan fingerprint density at radius 2 is 0.745 bits per heavy atom. The van der Waals surface area contributed by atoms with Gasteiger partial charge >= 0.3 is 0 Å². The predicted octanol–water partition coefficient (Wildman–Crippen LogP) is 12.8. The maximum Gasteiger partial charge on any atom is 0.137 e. The molecule has 0 bridgehead atoms. The van der Waals surface area contributed by atoms with Gasteiger partial charge in [0.25, 0.3) is 0 Å². The summed E-state index contributed by atoms with van der Waals surface area (Å²) in [5.74, 6) is 0.